The molecule has 1 fully saturated rings. The van der Waals surface area contributed by atoms with Gasteiger partial charge in [-0.25, -0.2) is 0 Å². The Hall–Kier alpha value is -1.75. The number of amides is 1. The molecule has 1 aliphatic heterocycles. The van der Waals surface area contributed by atoms with E-state index in [0.29, 0.717) is 24.0 Å². The second kappa shape index (κ2) is 6.61. The topological polar surface area (TPSA) is 59.6 Å². The molecule has 0 bridgehead atoms. The Kier molecular flexibility index (Phi) is 4.84. The van der Waals surface area contributed by atoms with Gasteiger partial charge < -0.3 is 20.1 Å². The molecule has 1 aromatic carbocycles. The molecule has 2 atom stereocenters. The first-order valence-electron chi connectivity index (χ1n) is 6.98. The van der Waals surface area contributed by atoms with Crippen molar-refractivity contribution in [2.24, 2.45) is 11.8 Å². The number of anilines is 1. The number of carbonyl (C=O) groups is 1. The van der Waals surface area contributed by atoms with Gasteiger partial charge in [0.2, 0.25) is 5.91 Å². The molecule has 5 heteroatoms. The van der Waals surface area contributed by atoms with Crippen LogP contribution in [-0.2, 0) is 4.79 Å². The summed E-state index contributed by atoms with van der Waals surface area (Å²) in [5.74, 6) is 1.74. The van der Waals surface area contributed by atoms with E-state index in [9.17, 15) is 4.79 Å². The first-order valence-corrected chi connectivity index (χ1v) is 6.98. The van der Waals surface area contributed by atoms with Gasteiger partial charge in [-0.05, 0) is 31.5 Å². The van der Waals surface area contributed by atoms with Crippen LogP contribution in [0.5, 0.6) is 11.5 Å². The minimum absolute atomic E-state index is 0.0209. The zero-order valence-electron chi connectivity index (χ0n) is 12.2. The highest BCUT2D eigenvalue weighted by molar-refractivity contribution is 5.93. The Morgan fingerprint density at radius 1 is 1.40 bits per heavy atom. The molecule has 0 aliphatic carbocycles. The van der Waals surface area contributed by atoms with Gasteiger partial charge in [-0.15, -0.1) is 0 Å². The van der Waals surface area contributed by atoms with Crippen molar-refractivity contribution in [1.29, 1.82) is 0 Å². The minimum Gasteiger partial charge on any atom is -0.493 e. The molecule has 1 amide bonds. The van der Waals surface area contributed by atoms with E-state index in [1.165, 1.54) is 0 Å². The number of hydrogen-bond acceptors (Lipinski definition) is 4. The van der Waals surface area contributed by atoms with Crippen LogP contribution in [0.2, 0.25) is 0 Å². The summed E-state index contributed by atoms with van der Waals surface area (Å²) in [7, 11) is 1.59. The molecule has 0 spiro atoms. The molecule has 2 rings (SSSR count). The van der Waals surface area contributed by atoms with E-state index in [1.807, 2.05) is 19.1 Å². The Morgan fingerprint density at radius 3 is 2.80 bits per heavy atom. The average Bonchev–Trinajstić information content (AvgIpc) is 2.87. The molecule has 2 unspecified atom stereocenters. The van der Waals surface area contributed by atoms with Crippen LogP contribution in [0.3, 0.4) is 0 Å². The average molecular weight is 278 g/mol. The first kappa shape index (κ1) is 14.7. The highest BCUT2D eigenvalue weighted by Gasteiger charge is 2.29. The van der Waals surface area contributed by atoms with Crippen LogP contribution in [0.25, 0.3) is 0 Å². The molecule has 1 heterocycles. The highest BCUT2D eigenvalue weighted by atomic mass is 16.5. The molecule has 0 saturated carbocycles. The fraction of sp³-hybridized carbons (Fsp3) is 0.533. The van der Waals surface area contributed by atoms with E-state index in [1.54, 1.807) is 13.2 Å². The lowest BCUT2D eigenvalue weighted by molar-refractivity contribution is -0.120. The predicted molar refractivity (Wildman–Crippen MR) is 78.3 cm³/mol. The summed E-state index contributed by atoms with van der Waals surface area (Å²) in [6.07, 6.45) is 0. The van der Waals surface area contributed by atoms with Crippen molar-refractivity contribution in [1.82, 2.24) is 5.32 Å². The van der Waals surface area contributed by atoms with E-state index in [4.69, 9.17) is 9.47 Å². The third-order valence-electron chi connectivity index (χ3n) is 3.59. The van der Waals surface area contributed by atoms with Crippen LogP contribution in [0.1, 0.15) is 13.8 Å². The molecule has 1 aliphatic rings. The fourth-order valence-electron chi connectivity index (χ4n) is 2.42. The second-order valence-corrected chi connectivity index (χ2v) is 5.03. The molecular formula is C15H22N2O3. The van der Waals surface area contributed by atoms with Crippen LogP contribution in [0.15, 0.2) is 18.2 Å². The SMILES string of the molecule is CCOc1ccc(NC(=O)C2CNCC2C)cc1OC. The number of carbonyl (C=O) groups excluding carboxylic acids is 1. The molecular weight excluding hydrogens is 256 g/mol. The lowest BCUT2D eigenvalue weighted by Gasteiger charge is -2.15. The number of benzene rings is 1. The quantitative estimate of drug-likeness (QED) is 0.863. The third-order valence-corrected chi connectivity index (χ3v) is 3.59. The van der Waals surface area contributed by atoms with E-state index in [2.05, 4.69) is 17.6 Å². The van der Waals surface area contributed by atoms with Gasteiger partial charge in [0.25, 0.3) is 0 Å². The molecule has 0 aromatic heterocycles. The number of rotatable bonds is 5. The highest BCUT2D eigenvalue weighted by Crippen LogP contribution is 2.30. The zero-order valence-corrected chi connectivity index (χ0v) is 12.2. The van der Waals surface area contributed by atoms with Gasteiger partial charge >= 0.3 is 0 Å². The van der Waals surface area contributed by atoms with Crippen LogP contribution in [-0.4, -0.2) is 32.7 Å². The summed E-state index contributed by atoms with van der Waals surface area (Å²) < 4.78 is 10.7. The molecule has 0 radical (unpaired) electrons. The lowest BCUT2D eigenvalue weighted by atomic mass is 9.97. The smallest absolute Gasteiger partial charge is 0.229 e. The Labute approximate surface area is 119 Å². The standard InChI is InChI=1S/C15H22N2O3/c1-4-20-13-6-5-11(7-14(13)19-3)17-15(18)12-9-16-8-10(12)2/h5-7,10,12,16H,4,8-9H2,1-3H3,(H,17,18). The lowest BCUT2D eigenvalue weighted by Crippen LogP contribution is -2.27. The molecule has 20 heavy (non-hydrogen) atoms. The van der Waals surface area contributed by atoms with Crippen molar-refractivity contribution in [2.45, 2.75) is 13.8 Å². The Balaban J connectivity index is 2.07. The van der Waals surface area contributed by atoms with Crippen molar-refractivity contribution in [3.63, 3.8) is 0 Å². The number of nitrogens with one attached hydrogen (secondary N) is 2. The number of methoxy groups -OCH3 is 1. The summed E-state index contributed by atoms with van der Waals surface area (Å²) >= 11 is 0. The second-order valence-electron chi connectivity index (χ2n) is 5.03. The summed E-state index contributed by atoms with van der Waals surface area (Å²) in [6, 6.07) is 5.43. The summed E-state index contributed by atoms with van der Waals surface area (Å²) in [6.45, 7) is 6.21. The summed E-state index contributed by atoms with van der Waals surface area (Å²) in [4.78, 5) is 12.2. The van der Waals surface area contributed by atoms with Crippen molar-refractivity contribution < 1.29 is 14.3 Å². The predicted octanol–water partition coefficient (Wildman–Crippen LogP) is 1.89. The number of ether oxygens (including phenoxy) is 2. The monoisotopic (exact) mass is 278 g/mol. The van der Waals surface area contributed by atoms with Crippen molar-refractivity contribution in [3.05, 3.63) is 18.2 Å². The van der Waals surface area contributed by atoms with Gasteiger partial charge in [0.15, 0.2) is 11.5 Å². The van der Waals surface area contributed by atoms with Crippen molar-refractivity contribution in [3.8, 4) is 11.5 Å². The van der Waals surface area contributed by atoms with Crippen LogP contribution >= 0.6 is 0 Å². The minimum atomic E-state index is 0.0209. The summed E-state index contributed by atoms with van der Waals surface area (Å²) in [5.41, 5.74) is 0.731. The van der Waals surface area contributed by atoms with Gasteiger partial charge in [0.1, 0.15) is 0 Å². The maximum absolute atomic E-state index is 12.2. The van der Waals surface area contributed by atoms with Gasteiger partial charge in [0.05, 0.1) is 19.6 Å². The molecule has 110 valence electrons. The first-order chi connectivity index (χ1) is 9.65. The van der Waals surface area contributed by atoms with Gasteiger partial charge in [0, 0.05) is 18.3 Å². The van der Waals surface area contributed by atoms with Gasteiger partial charge in [-0.3, -0.25) is 4.79 Å². The molecule has 5 nitrogen and oxygen atoms in total. The summed E-state index contributed by atoms with van der Waals surface area (Å²) in [5, 5.41) is 6.18. The van der Waals surface area contributed by atoms with Crippen LogP contribution < -0.4 is 20.1 Å². The van der Waals surface area contributed by atoms with Crippen molar-refractivity contribution in [2.75, 3.05) is 32.1 Å². The van der Waals surface area contributed by atoms with Crippen LogP contribution in [0.4, 0.5) is 5.69 Å². The van der Waals surface area contributed by atoms with E-state index in [0.717, 1.165) is 18.8 Å². The zero-order chi connectivity index (χ0) is 14.5. The molecule has 2 N–H and O–H groups in total. The third kappa shape index (κ3) is 3.22. The normalized spacial score (nSPS) is 21.6. The van der Waals surface area contributed by atoms with E-state index < -0.39 is 0 Å². The number of hydrogen-bond donors (Lipinski definition) is 2. The Bertz CT molecular complexity index is 476. The van der Waals surface area contributed by atoms with Crippen LogP contribution in [0, 0.1) is 11.8 Å². The van der Waals surface area contributed by atoms with E-state index >= 15 is 0 Å². The molecule has 1 saturated heterocycles. The maximum atomic E-state index is 12.2. The fourth-order valence-corrected chi connectivity index (χ4v) is 2.42. The maximum Gasteiger partial charge on any atom is 0.229 e. The van der Waals surface area contributed by atoms with Gasteiger partial charge in [-0.2, -0.15) is 0 Å². The largest absolute Gasteiger partial charge is 0.493 e. The van der Waals surface area contributed by atoms with Gasteiger partial charge in [-0.1, -0.05) is 6.92 Å². The molecule has 1 aromatic rings. The van der Waals surface area contributed by atoms with Crippen molar-refractivity contribution >= 4 is 11.6 Å². The Morgan fingerprint density at radius 2 is 2.20 bits per heavy atom. The van der Waals surface area contributed by atoms with E-state index in [-0.39, 0.29) is 11.8 Å².